The Morgan fingerprint density at radius 2 is 1.93 bits per heavy atom. The maximum absolute atomic E-state index is 12.9. The van der Waals surface area contributed by atoms with E-state index in [9.17, 15) is 4.79 Å². The molecule has 150 valence electrons. The summed E-state index contributed by atoms with van der Waals surface area (Å²) in [6, 6.07) is 6.20. The van der Waals surface area contributed by atoms with Crippen molar-refractivity contribution in [1.29, 1.82) is 0 Å². The molecule has 0 atom stereocenters. The van der Waals surface area contributed by atoms with E-state index >= 15 is 0 Å². The number of carbonyl (C=O) groups excluding carboxylic acids is 1. The smallest absolute Gasteiger partial charge is 0.257 e. The van der Waals surface area contributed by atoms with Crippen LogP contribution in [0.1, 0.15) is 36.0 Å². The van der Waals surface area contributed by atoms with Crippen molar-refractivity contribution in [3.05, 3.63) is 28.8 Å². The highest BCUT2D eigenvalue weighted by Crippen LogP contribution is 2.27. The zero-order valence-electron chi connectivity index (χ0n) is 16.0. The first-order valence-corrected chi connectivity index (χ1v) is 10.2. The first-order chi connectivity index (χ1) is 13.1. The van der Waals surface area contributed by atoms with Crippen LogP contribution in [0.3, 0.4) is 0 Å². The normalized spacial score (nSPS) is 19.5. The minimum Gasteiger partial charge on any atom is -0.496 e. The van der Waals surface area contributed by atoms with Gasteiger partial charge in [0.2, 0.25) is 0 Å². The molecule has 1 aromatic carbocycles. The van der Waals surface area contributed by atoms with Crippen molar-refractivity contribution in [3.63, 3.8) is 0 Å². The number of ether oxygens (including phenoxy) is 2. The summed E-state index contributed by atoms with van der Waals surface area (Å²) >= 11 is 6.01. The van der Waals surface area contributed by atoms with Gasteiger partial charge in [-0.2, -0.15) is 0 Å². The third-order valence-electron chi connectivity index (χ3n) is 5.66. The van der Waals surface area contributed by atoms with E-state index in [0.717, 1.165) is 58.5 Å². The summed E-state index contributed by atoms with van der Waals surface area (Å²) in [6.07, 6.45) is 4.08. The molecule has 1 aromatic rings. The number of amides is 1. The van der Waals surface area contributed by atoms with Gasteiger partial charge >= 0.3 is 0 Å². The Kier molecular flexibility index (Phi) is 7.35. The fourth-order valence-corrected chi connectivity index (χ4v) is 4.40. The second-order valence-electron chi connectivity index (χ2n) is 7.24. The number of piperidine rings is 1. The van der Waals surface area contributed by atoms with Crippen molar-refractivity contribution in [2.75, 3.05) is 46.5 Å². The summed E-state index contributed by atoms with van der Waals surface area (Å²) < 4.78 is 10.9. The molecule has 1 amide bonds. The zero-order chi connectivity index (χ0) is 19.2. The average molecular weight is 396 g/mol. The van der Waals surface area contributed by atoms with Crippen LogP contribution >= 0.6 is 11.6 Å². The fraction of sp³-hybridized carbons (Fsp3) is 0.650. The van der Waals surface area contributed by atoms with Crippen LogP contribution in [0, 0.1) is 0 Å². The molecule has 2 aliphatic heterocycles. The first kappa shape index (κ1) is 20.4. The van der Waals surface area contributed by atoms with Crippen LogP contribution in [0.25, 0.3) is 0 Å². The number of methoxy groups -OCH3 is 1. The molecule has 0 saturated carbocycles. The number of nitrogens with two attached hydrogens (primary N) is 1. The molecule has 2 heterocycles. The molecule has 0 bridgehead atoms. The second-order valence-corrected chi connectivity index (χ2v) is 7.67. The van der Waals surface area contributed by atoms with Gasteiger partial charge in [-0.05, 0) is 43.9 Å². The van der Waals surface area contributed by atoms with Gasteiger partial charge in [0, 0.05) is 56.5 Å². The Hall–Kier alpha value is -1.34. The molecule has 0 unspecified atom stereocenters. The van der Waals surface area contributed by atoms with Crippen LogP contribution in [0.5, 0.6) is 5.75 Å². The number of nitrogens with zero attached hydrogens (tertiary/aromatic N) is 2. The van der Waals surface area contributed by atoms with Gasteiger partial charge in [0.25, 0.3) is 5.91 Å². The Morgan fingerprint density at radius 3 is 2.56 bits per heavy atom. The van der Waals surface area contributed by atoms with E-state index < -0.39 is 0 Å². The summed E-state index contributed by atoms with van der Waals surface area (Å²) in [6.45, 7) is 4.74. The SMILES string of the molecule is COc1cc(Cl)ccc1C(=O)N1CCC(N(CCN)C2CCOCC2)CC1. The molecule has 2 N–H and O–H groups in total. The Morgan fingerprint density at radius 1 is 1.26 bits per heavy atom. The predicted octanol–water partition coefficient (Wildman–Crippen LogP) is 2.39. The van der Waals surface area contributed by atoms with E-state index in [1.165, 1.54) is 0 Å². The molecule has 0 aromatic heterocycles. The molecule has 6 nitrogen and oxygen atoms in total. The van der Waals surface area contributed by atoms with E-state index in [1.54, 1.807) is 25.3 Å². The Balaban J connectivity index is 1.62. The van der Waals surface area contributed by atoms with E-state index in [2.05, 4.69) is 4.90 Å². The number of rotatable bonds is 6. The summed E-state index contributed by atoms with van der Waals surface area (Å²) in [5.41, 5.74) is 6.45. The number of benzene rings is 1. The molecule has 3 rings (SSSR count). The molecule has 2 aliphatic rings. The molecular formula is C20H30ClN3O3. The second kappa shape index (κ2) is 9.73. The van der Waals surface area contributed by atoms with Crippen LogP contribution in [0.2, 0.25) is 5.02 Å². The number of carbonyl (C=O) groups is 1. The lowest BCUT2D eigenvalue weighted by Gasteiger charge is -2.43. The molecule has 2 saturated heterocycles. The predicted molar refractivity (Wildman–Crippen MR) is 107 cm³/mol. The molecule has 0 aliphatic carbocycles. The van der Waals surface area contributed by atoms with E-state index in [1.807, 2.05) is 4.90 Å². The van der Waals surface area contributed by atoms with Gasteiger partial charge in [-0.3, -0.25) is 9.69 Å². The lowest BCUT2D eigenvalue weighted by Crippen LogP contribution is -2.52. The van der Waals surface area contributed by atoms with Crippen LogP contribution in [-0.4, -0.2) is 74.3 Å². The molecule has 27 heavy (non-hydrogen) atoms. The maximum atomic E-state index is 12.9. The van der Waals surface area contributed by atoms with Crippen molar-refractivity contribution in [1.82, 2.24) is 9.80 Å². The molecule has 0 spiro atoms. The topological polar surface area (TPSA) is 68.0 Å². The van der Waals surface area contributed by atoms with Gasteiger partial charge in [0.1, 0.15) is 5.75 Å². The summed E-state index contributed by atoms with van der Waals surface area (Å²) in [5.74, 6) is 0.542. The molecule has 7 heteroatoms. The van der Waals surface area contributed by atoms with Crippen LogP contribution < -0.4 is 10.5 Å². The third kappa shape index (κ3) is 4.93. The number of hydrogen-bond donors (Lipinski definition) is 1. The standard InChI is InChI=1S/C20H30ClN3O3/c1-26-19-14-15(21)2-3-18(19)20(25)23-9-4-16(5-10-23)24(11-8-22)17-6-12-27-13-7-17/h2-3,14,16-17H,4-13,22H2,1H3. The van der Waals surface area contributed by atoms with Gasteiger partial charge in [-0.1, -0.05) is 11.6 Å². The fourth-order valence-electron chi connectivity index (χ4n) is 4.24. The third-order valence-corrected chi connectivity index (χ3v) is 5.90. The van der Waals surface area contributed by atoms with Crippen LogP contribution in [0.15, 0.2) is 18.2 Å². The lowest BCUT2D eigenvalue weighted by molar-refractivity contribution is 0.00414. The summed E-state index contributed by atoms with van der Waals surface area (Å²) in [5, 5.41) is 0.566. The minimum absolute atomic E-state index is 0.0124. The Bertz CT molecular complexity index is 629. The van der Waals surface area contributed by atoms with E-state index in [4.69, 9.17) is 26.8 Å². The number of likely N-dealkylation sites (tertiary alicyclic amines) is 1. The summed E-state index contributed by atoms with van der Waals surface area (Å²) in [4.78, 5) is 17.4. The average Bonchev–Trinajstić information content (AvgIpc) is 2.72. The van der Waals surface area contributed by atoms with Gasteiger partial charge in [-0.15, -0.1) is 0 Å². The highest BCUT2D eigenvalue weighted by molar-refractivity contribution is 6.30. The van der Waals surface area contributed by atoms with Crippen molar-refractivity contribution in [3.8, 4) is 5.75 Å². The van der Waals surface area contributed by atoms with Crippen molar-refractivity contribution in [2.45, 2.75) is 37.8 Å². The van der Waals surface area contributed by atoms with Crippen molar-refractivity contribution >= 4 is 17.5 Å². The quantitative estimate of drug-likeness (QED) is 0.801. The largest absolute Gasteiger partial charge is 0.496 e. The monoisotopic (exact) mass is 395 g/mol. The van der Waals surface area contributed by atoms with Gasteiger partial charge < -0.3 is 20.1 Å². The summed E-state index contributed by atoms with van der Waals surface area (Å²) in [7, 11) is 1.56. The lowest BCUT2D eigenvalue weighted by atomic mass is 9.97. The van der Waals surface area contributed by atoms with E-state index in [-0.39, 0.29) is 5.91 Å². The van der Waals surface area contributed by atoms with E-state index in [0.29, 0.717) is 35.0 Å². The van der Waals surface area contributed by atoms with Crippen molar-refractivity contribution < 1.29 is 14.3 Å². The Labute approximate surface area is 166 Å². The maximum Gasteiger partial charge on any atom is 0.257 e. The molecule has 2 fully saturated rings. The number of halogens is 1. The minimum atomic E-state index is 0.0124. The number of hydrogen-bond acceptors (Lipinski definition) is 5. The molecule has 0 radical (unpaired) electrons. The highest BCUT2D eigenvalue weighted by atomic mass is 35.5. The highest BCUT2D eigenvalue weighted by Gasteiger charge is 2.32. The first-order valence-electron chi connectivity index (χ1n) is 9.80. The van der Waals surface area contributed by atoms with Crippen LogP contribution in [0.4, 0.5) is 0 Å². The van der Waals surface area contributed by atoms with Gasteiger partial charge in [0.15, 0.2) is 0 Å². The van der Waals surface area contributed by atoms with Gasteiger partial charge in [0.05, 0.1) is 12.7 Å². The van der Waals surface area contributed by atoms with Gasteiger partial charge in [-0.25, -0.2) is 0 Å². The zero-order valence-corrected chi connectivity index (χ0v) is 16.8. The molecular weight excluding hydrogens is 366 g/mol. The van der Waals surface area contributed by atoms with Crippen LogP contribution in [-0.2, 0) is 4.74 Å². The van der Waals surface area contributed by atoms with Crippen molar-refractivity contribution in [2.24, 2.45) is 5.73 Å².